The molecule has 3 aliphatic rings. The van der Waals surface area contributed by atoms with E-state index in [1.807, 2.05) is 18.5 Å². The molecule has 252 valence electrons. The van der Waals surface area contributed by atoms with Crippen molar-refractivity contribution in [2.45, 2.75) is 16.5 Å². The van der Waals surface area contributed by atoms with Gasteiger partial charge in [0.05, 0.1) is 5.41 Å². The molecule has 10 rings (SSSR count). The van der Waals surface area contributed by atoms with E-state index in [1.165, 1.54) is 60.5 Å². The Bertz CT molecular complexity index is 2550. The fourth-order valence-corrected chi connectivity index (χ4v) is 9.39. The summed E-state index contributed by atoms with van der Waals surface area (Å²) in [5.41, 5.74) is 16.2. The second kappa shape index (κ2) is 12.7. The highest BCUT2D eigenvalue weighted by atomic mass is 32.2. The van der Waals surface area contributed by atoms with Gasteiger partial charge < -0.3 is 5.32 Å². The first kappa shape index (κ1) is 31.4. The number of hydrogen-bond acceptors (Lipinski definition) is 4. The molecular formula is C49H35N3S. The van der Waals surface area contributed by atoms with Crippen LogP contribution in [0.1, 0.15) is 33.4 Å². The quantitative estimate of drug-likeness (QED) is 0.181. The molecule has 0 fully saturated rings. The van der Waals surface area contributed by atoms with E-state index in [2.05, 4.69) is 191 Å². The highest BCUT2D eigenvalue weighted by molar-refractivity contribution is 7.97. The van der Waals surface area contributed by atoms with Crippen LogP contribution in [0.2, 0.25) is 0 Å². The molecule has 0 amide bonds. The normalized spacial score (nSPS) is 16.4. The van der Waals surface area contributed by atoms with Gasteiger partial charge in [0.15, 0.2) is 0 Å². The first-order chi connectivity index (χ1) is 26.2. The molecular weight excluding hydrogens is 663 g/mol. The SMILES string of the molecule is C=C1NC2C=CC(c3cccc(-c4ccc5c(c4)C(c4ccccc4)(c4ccccc4)c4cc(-c6cccnc6)ccc4-5)c3)=CN2Sc2ccccc21. The second-order valence-electron chi connectivity index (χ2n) is 13.8. The van der Waals surface area contributed by atoms with Crippen LogP contribution in [-0.2, 0) is 5.41 Å². The zero-order valence-corrected chi connectivity index (χ0v) is 29.8. The van der Waals surface area contributed by atoms with Crippen LogP contribution in [0.15, 0.2) is 200 Å². The van der Waals surface area contributed by atoms with Gasteiger partial charge in [-0.05, 0) is 115 Å². The molecule has 4 heteroatoms. The predicted molar refractivity (Wildman–Crippen MR) is 220 cm³/mol. The van der Waals surface area contributed by atoms with Gasteiger partial charge >= 0.3 is 0 Å². The van der Waals surface area contributed by atoms with E-state index in [4.69, 9.17) is 0 Å². The number of fused-ring (bicyclic) bond motifs is 5. The van der Waals surface area contributed by atoms with Crippen molar-refractivity contribution < 1.29 is 0 Å². The third-order valence-electron chi connectivity index (χ3n) is 10.8. The summed E-state index contributed by atoms with van der Waals surface area (Å²) < 4.78 is 2.29. The summed E-state index contributed by atoms with van der Waals surface area (Å²) in [5, 5.41) is 3.60. The second-order valence-corrected chi connectivity index (χ2v) is 14.8. The molecule has 6 aromatic carbocycles. The average molecular weight is 698 g/mol. The van der Waals surface area contributed by atoms with Gasteiger partial charge in [0.25, 0.3) is 0 Å². The molecule has 3 heterocycles. The van der Waals surface area contributed by atoms with Crippen molar-refractivity contribution in [2.75, 3.05) is 0 Å². The lowest BCUT2D eigenvalue weighted by molar-refractivity contribution is 0.484. The molecule has 0 saturated carbocycles. The minimum Gasteiger partial charge on any atom is -0.361 e. The summed E-state index contributed by atoms with van der Waals surface area (Å²) in [5.74, 6) is 0. The molecule has 7 aromatic rings. The molecule has 0 bridgehead atoms. The van der Waals surface area contributed by atoms with Gasteiger partial charge in [-0.15, -0.1) is 0 Å². The number of hydrogen-bond donors (Lipinski definition) is 1. The van der Waals surface area contributed by atoms with Gasteiger partial charge in [-0.3, -0.25) is 9.29 Å². The van der Waals surface area contributed by atoms with Gasteiger partial charge in [0.1, 0.15) is 6.17 Å². The number of aromatic nitrogens is 1. The van der Waals surface area contributed by atoms with E-state index >= 15 is 0 Å². The molecule has 1 atom stereocenters. The molecule has 0 saturated heterocycles. The lowest BCUT2D eigenvalue weighted by atomic mass is 9.67. The van der Waals surface area contributed by atoms with Gasteiger partial charge in [0.2, 0.25) is 0 Å². The first-order valence-corrected chi connectivity index (χ1v) is 18.8. The fourth-order valence-electron chi connectivity index (χ4n) is 8.33. The Hall–Kier alpha value is -6.36. The van der Waals surface area contributed by atoms with Gasteiger partial charge in [-0.2, -0.15) is 0 Å². The Balaban J connectivity index is 1.11. The van der Waals surface area contributed by atoms with E-state index in [1.54, 1.807) is 11.9 Å². The van der Waals surface area contributed by atoms with E-state index in [-0.39, 0.29) is 6.17 Å². The Labute approximate surface area is 314 Å². The highest BCUT2D eigenvalue weighted by Gasteiger charge is 2.46. The molecule has 0 spiro atoms. The minimum absolute atomic E-state index is 0.0212. The third kappa shape index (κ3) is 5.17. The molecule has 1 aromatic heterocycles. The average Bonchev–Trinajstić information content (AvgIpc) is 3.43. The standard InChI is InChI=1S/C49H35N3S/c1-33-42-19-8-9-20-47(42)53-52-32-39(23-26-48(52)51-33)35-13-10-12-34(28-35)36-21-24-43-44-25-22-37(38-14-11-27-50-31-38)30-46(44)49(45(43)29-36,40-15-4-2-5-16-40)41-17-6-3-7-18-41/h2-32,48,51H,1H2. The van der Waals surface area contributed by atoms with Gasteiger partial charge in [0, 0.05) is 34.7 Å². The van der Waals surface area contributed by atoms with E-state index in [9.17, 15) is 0 Å². The number of nitrogens with one attached hydrogen (secondary N) is 1. The van der Waals surface area contributed by atoms with Crippen LogP contribution < -0.4 is 5.32 Å². The molecule has 3 nitrogen and oxygen atoms in total. The Morgan fingerprint density at radius 1 is 0.585 bits per heavy atom. The van der Waals surface area contributed by atoms with Gasteiger partial charge in [-0.1, -0.05) is 140 Å². The van der Waals surface area contributed by atoms with E-state index in [0.717, 1.165) is 22.4 Å². The zero-order valence-electron chi connectivity index (χ0n) is 29.0. The predicted octanol–water partition coefficient (Wildman–Crippen LogP) is 11.6. The summed E-state index contributed by atoms with van der Waals surface area (Å²) in [6.45, 7) is 4.33. The summed E-state index contributed by atoms with van der Waals surface area (Å²) in [6.07, 6.45) is 10.5. The van der Waals surface area contributed by atoms with Gasteiger partial charge in [-0.25, -0.2) is 0 Å². The fraction of sp³-hybridized carbons (Fsp3) is 0.0408. The van der Waals surface area contributed by atoms with E-state index in [0.29, 0.717) is 0 Å². The highest BCUT2D eigenvalue weighted by Crippen LogP contribution is 2.57. The largest absolute Gasteiger partial charge is 0.361 e. The third-order valence-corrected chi connectivity index (χ3v) is 11.9. The number of allylic oxidation sites excluding steroid dienone is 2. The molecule has 1 N–H and O–H groups in total. The van der Waals surface area contributed by atoms with Crippen molar-refractivity contribution in [1.82, 2.24) is 14.6 Å². The maximum Gasteiger partial charge on any atom is 0.129 e. The van der Waals surface area contributed by atoms with Crippen molar-refractivity contribution >= 4 is 23.2 Å². The van der Waals surface area contributed by atoms with Crippen molar-refractivity contribution in [2.24, 2.45) is 0 Å². The van der Waals surface area contributed by atoms with Crippen LogP contribution in [0.4, 0.5) is 0 Å². The maximum atomic E-state index is 4.45. The van der Waals surface area contributed by atoms with Crippen molar-refractivity contribution in [3.8, 4) is 33.4 Å². The topological polar surface area (TPSA) is 28.2 Å². The van der Waals surface area contributed by atoms with Crippen molar-refractivity contribution in [3.63, 3.8) is 0 Å². The smallest absolute Gasteiger partial charge is 0.129 e. The van der Waals surface area contributed by atoms with Crippen LogP contribution in [0.25, 0.3) is 44.7 Å². The maximum absolute atomic E-state index is 4.45. The summed E-state index contributed by atoms with van der Waals surface area (Å²) >= 11 is 1.75. The number of benzene rings is 6. The lowest BCUT2D eigenvalue weighted by Crippen LogP contribution is -2.36. The molecule has 0 radical (unpaired) electrons. The van der Waals surface area contributed by atoms with Crippen molar-refractivity contribution in [1.29, 1.82) is 0 Å². The van der Waals surface area contributed by atoms with Crippen molar-refractivity contribution in [3.05, 3.63) is 228 Å². The van der Waals surface area contributed by atoms with Crippen LogP contribution in [-0.4, -0.2) is 15.5 Å². The molecule has 1 aliphatic carbocycles. The van der Waals surface area contributed by atoms with Crippen LogP contribution in [0, 0.1) is 0 Å². The summed E-state index contributed by atoms with van der Waals surface area (Å²) in [6, 6.07) is 57.6. The zero-order chi connectivity index (χ0) is 35.4. The van der Waals surface area contributed by atoms with Crippen LogP contribution in [0.5, 0.6) is 0 Å². The molecule has 2 aliphatic heterocycles. The monoisotopic (exact) mass is 697 g/mol. The number of pyridine rings is 1. The summed E-state index contributed by atoms with van der Waals surface area (Å²) in [7, 11) is 0. The van der Waals surface area contributed by atoms with Crippen LogP contribution in [0.3, 0.4) is 0 Å². The minimum atomic E-state index is -0.514. The summed E-state index contributed by atoms with van der Waals surface area (Å²) in [4.78, 5) is 5.64. The lowest BCUT2D eigenvalue weighted by Gasteiger charge is -2.34. The first-order valence-electron chi connectivity index (χ1n) is 18.0. The Morgan fingerprint density at radius 2 is 1.21 bits per heavy atom. The Morgan fingerprint density at radius 3 is 1.91 bits per heavy atom. The molecule has 1 unspecified atom stereocenters. The number of rotatable bonds is 5. The molecule has 53 heavy (non-hydrogen) atoms. The Kier molecular flexibility index (Phi) is 7.52. The van der Waals surface area contributed by atoms with E-state index < -0.39 is 5.41 Å². The van der Waals surface area contributed by atoms with Crippen LogP contribution >= 0.6 is 11.9 Å². The number of nitrogens with zero attached hydrogens (tertiary/aromatic N) is 2.